The number of hydrogen-bond donors (Lipinski definition) is 3. The van der Waals surface area contributed by atoms with Crippen LogP contribution in [-0.2, 0) is 16.3 Å². The summed E-state index contributed by atoms with van der Waals surface area (Å²) in [7, 11) is 0. The van der Waals surface area contributed by atoms with Crippen molar-refractivity contribution in [2.24, 2.45) is 0 Å². The fourth-order valence-corrected chi connectivity index (χ4v) is 5.59. The quantitative estimate of drug-likeness (QED) is 0.312. The van der Waals surface area contributed by atoms with E-state index in [-0.39, 0.29) is 35.1 Å². The number of anilines is 2. The van der Waals surface area contributed by atoms with Crippen molar-refractivity contribution in [1.29, 1.82) is 0 Å². The number of aromatic nitrogens is 4. The molecular formula is C27H24F4N6O3. The summed E-state index contributed by atoms with van der Waals surface area (Å²) in [5.74, 6) is -1.14. The molecule has 7 rings (SSSR count). The van der Waals surface area contributed by atoms with Crippen LogP contribution in [0.5, 0.6) is 0 Å². The maximum Gasteiger partial charge on any atom is 0.416 e. The van der Waals surface area contributed by atoms with E-state index in [2.05, 4.69) is 15.3 Å². The number of nitrogens with zero attached hydrogens (tertiary/aromatic N) is 4. The molecule has 3 aliphatic rings. The van der Waals surface area contributed by atoms with Crippen molar-refractivity contribution in [2.45, 2.75) is 42.9 Å². The Hall–Kier alpha value is -4.10. The van der Waals surface area contributed by atoms with E-state index in [1.807, 2.05) is 0 Å². The number of hydrogen-bond acceptors (Lipinski definition) is 7. The van der Waals surface area contributed by atoms with Gasteiger partial charge in [0.05, 0.1) is 29.8 Å². The Bertz CT molecular complexity index is 1610. The number of aliphatic hydroxyl groups excluding tert-OH is 1. The van der Waals surface area contributed by atoms with Gasteiger partial charge in [-0.2, -0.15) is 13.2 Å². The van der Waals surface area contributed by atoms with Crippen molar-refractivity contribution in [3.63, 3.8) is 0 Å². The van der Waals surface area contributed by atoms with Crippen LogP contribution in [0.25, 0.3) is 16.8 Å². The van der Waals surface area contributed by atoms with E-state index in [1.54, 1.807) is 10.6 Å². The highest BCUT2D eigenvalue weighted by atomic mass is 19.4. The van der Waals surface area contributed by atoms with E-state index in [0.29, 0.717) is 36.9 Å². The second-order valence-corrected chi connectivity index (χ2v) is 10.3. The van der Waals surface area contributed by atoms with Crippen molar-refractivity contribution < 1.29 is 32.2 Å². The first kappa shape index (κ1) is 26.1. The number of carbonyl (C=O) groups excluding carboxylic acids is 1. The van der Waals surface area contributed by atoms with E-state index in [9.17, 15) is 23.1 Å². The molecule has 1 aliphatic carbocycles. The topological polar surface area (TPSA) is 128 Å². The fourth-order valence-electron chi connectivity index (χ4n) is 5.59. The van der Waals surface area contributed by atoms with Crippen molar-refractivity contribution in [3.8, 4) is 11.3 Å². The van der Waals surface area contributed by atoms with Crippen molar-refractivity contribution in [3.05, 3.63) is 71.7 Å². The highest BCUT2D eigenvalue weighted by molar-refractivity contribution is 6.04. The molecule has 4 N–H and O–H groups in total. The first-order valence-electron chi connectivity index (χ1n) is 12.6. The first-order chi connectivity index (χ1) is 19.0. The molecule has 0 atom stereocenters. The molecule has 3 fully saturated rings. The molecule has 0 spiro atoms. The molecule has 2 aliphatic heterocycles. The van der Waals surface area contributed by atoms with E-state index in [4.69, 9.17) is 15.5 Å². The van der Waals surface area contributed by atoms with Crippen molar-refractivity contribution in [2.75, 3.05) is 24.3 Å². The number of nitrogen functional groups attached to an aromatic ring is 1. The lowest BCUT2D eigenvalue weighted by molar-refractivity contribution is -0.177. The van der Waals surface area contributed by atoms with Crippen LogP contribution in [0.1, 0.15) is 47.4 Å². The molecule has 1 aromatic carbocycles. The van der Waals surface area contributed by atoms with Crippen molar-refractivity contribution in [1.82, 2.24) is 19.4 Å². The van der Waals surface area contributed by atoms with Gasteiger partial charge in [-0.15, -0.1) is 0 Å². The number of nitrogens with one attached hydrogen (secondary N) is 1. The highest BCUT2D eigenvalue weighted by Crippen LogP contribution is 2.50. The monoisotopic (exact) mass is 556 g/mol. The van der Waals surface area contributed by atoms with Gasteiger partial charge < -0.3 is 20.9 Å². The lowest BCUT2D eigenvalue weighted by Crippen LogP contribution is -2.55. The van der Waals surface area contributed by atoms with Gasteiger partial charge in [0.1, 0.15) is 34.5 Å². The summed E-state index contributed by atoms with van der Waals surface area (Å²) in [6.07, 6.45) is 2.32. The molecule has 2 bridgehead atoms. The molecule has 13 heteroatoms. The van der Waals surface area contributed by atoms with Crippen molar-refractivity contribution >= 4 is 23.1 Å². The third-order valence-corrected chi connectivity index (χ3v) is 7.93. The number of carbonyl (C=O) groups is 1. The molecule has 208 valence electrons. The van der Waals surface area contributed by atoms with Crippen LogP contribution in [0.15, 0.2) is 48.9 Å². The second kappa shape index (κ2) is 9.24. The molecule has 1 amide bonds. The largest absolute Gasteiger partial charge is 0.416 e. The number of imidazole rings is 1. The van der Waals surface area contributed by atoms with E-state index >= 15 is 4.39 Å². The average molecular weight is 557 g/mol. The average Bonchev–Trinajstić information content (AvgIpc) is 3.35. The first-order valence-corrected chi connectivity index (χ1v) is 12.6. The van der Waals surface area contributed by atoms with Gasteiger partial charge in [-0.3, -0.25) is 9.20 Å². The van der Waals surface area contributed by atoms with Crippen LogP contribution >= 0.6 is 0 Å². The number of halogens is 4. The summed E-state index contributed by atoms with van der Waals surface area (Å²) < 4.78 is 62.4. The molecule has 0 unspecified atom stereocenters. The van der Waals surface area contributed by atoms with Gasteiger partial charge in [0, 0.05) is 29.7 Å². The maximum atomic E-state index is 15.5. The Kier molecular flexibility index (Phi) is 6.04. The lowest BCUT2D eigenvalue weighted by atomic mass is 9.66. The molecule has 9 nitrogen and oxygen atoms in total. The minimum Gasteiger partial charge on any atom is -0.393 e. The van der Waals surface area contributed by atoms with Crippen LogP contribution in [-0.4, -0.2) is 49.2 Å². The minimum atomic E-state index is -4.61. The summed E-state index contributed by atoms with van der Waals surface area (Å²) in [5, 5.41) is 12.1. The van der Waals surface area contributed by atoms with Crippen LogP contribution in [0.4, 0.5) is 29.2 Å². The number of rotatable bonds is 5. The summed E-state index contributed by atoms with van der Waals surface area (Å²) in [6.45, 7) is 0.294. The van der Waals surface area contributed by atoms with Gasteiger partial charge in [0.2, 0.25) is 0 Å². The molecule has 1 saturated carbocycles. The zero-order valence-corrected chi connectivity index (χ0v) is 21.0. The van der Waals surface area contributed by atoms with Crippen LogP contribution in [0.3, 0.4) is 0 Å². The number of pyridine rings is 1. The Morgan fingerprint density at radius 1 is 1.12 bits per heavy atom. The SMILES string of the molecule is Nc1nccn2c(C34CCC(CO)(CC3)OC4)nc(-c3ccc(C(=O)Nc4cc(C(F)(F)F)ccn4)cc3F)c12. The molecule has 0 radical (unpaired) electrons. The normalized spacial score (nSPS) is 22.5. The van der Waals surface area contributed by atoms with Gasteiger partial charge in [0.25, 0.3) is 5.91 Å². The third kappa shape index (κ3) is 4.25. The van der Waals surface area contributed by atoms with Gasteiger partial charge in [0.15, 0.2) is 0 Å². The number of aliphatic hydroxyl groups is 1. The Balaban J connectivity index is 1.34. The van der Waals surface area contributed by atoms with Crippen LogP contribution in [0.2, 0.25) is 0 Å². The maximum absolute atomic E-state index is 15.5. The molecule has 40 heavy (non-hydrogen) atoms. The number of nitrogens with two attached hydrogens (primary N) is 1. The number of fused-ring (bicyclic) bond motifs is 4. The lowest BCUT2D eigenvalue weighted by Gasteiger charge is -2.51. The summed E-state index contributed by atoms with van der Waals surface area (Å²) in [4.78, 5) is 25.4. The number of ether oxygens (including phenoxy) is 1. The smallest absolute Gasteiger partial charge is 0.393 e. The van der Waals surface area contributed by atoms with Gasteiger partial charge >= 0.3 is 6.18 Å². The zero-order valence-electron chi connectivity index (χ0n) is 21.0. The predicted octanol–water partition coefficient (Wildman–Crippen LogP) is 4.36. The van der Waals surface area contributed by atoms with Crippen LogP contribution in [0, 0.1) is 5.82 Å². The predicted molar refractivity (Wildman–Crippen MR) is 136 cm³/mol. The van der Waals surface area contributed by atoms with Crippen LogP contribution < -0.4 is 11.1 Å². The van der Waals surface area contributed by atoms with E-state index in [0.717, 1.165) is 31.2 Å². The number of alkyl halides is 3. The summed E-state index contributed by atoms with van der Waals surface area (Å²) in [5.41, 5.74) is 4.84. The Labute approximate surface area is 225 Å². The number of benzene rings is 1. The molecular weight excluding hydrogens is 532 g/mol. The minimum absolute atomic E-state index is 0.0531. The highest BCUT2D eigenvalue weighted by Gasteiger charge is 2.52. The van der Waals surface area contributed by atoms with E-state index < -0.39 is 34.5 Å². The van der Waals surface area contributed by atoms with Gasteiger partial charge in [-0.1, -0.05) is 0 Å². The zero-order chi connectivity index (χ0) is 28.3. The molecule has 3 aromatic heterocycles. The van der Waals surface area contributed by atoms with Gasteiger partial charge in [-0.05, 0) is 56.0 Å². The third-order valence-electron chi connectivity index (χ3n) is 7.93. The molecule has 4 aromatic rings. The van der Waals surface area contributed by atoms with Gasteiger partial charge in [-0.25, -0.2) is 19.3 Å². The Morgan fingerprint density at radius 3 is 2.55 bits per heavy atom. The summed E-state index contributed by atoms with van der Waals surface area (Å²) in [6, 6.07) is 5.17. The fraction of sp³-hybridized carbons (Fsp3) is 0.333. The number of amides is 1. The molecule has 5 heterocycles. The Morgan fingerprint density at radius 2 is 1.90 bits per heavy atom. The van der Waals surface area contributed by atoms with E-state index in [1.165, 1.54) is 18.3 Å². The standard InChI is InChI=1S/C27H24F4N6O3/c28-18-11-15(23(39)35-19-12-16(3-8-33-19)27(29,30)31)1-2-17(18)20-21-22(32)34-9-10-37(21)24(36-20)25-4-6-26(13-38,7-5-25)40-14-25/h1-3,8-12,38H,4-7,13-14H2,(H2,32,34)(H,33,35,39). The second-order valence-electron chi connectivity index (χ2n) is 10.3. The molecule has 2 saturated heterocycles. The summed E-state index contributed by atoms with van der Waals surface area (Å²) >= 11 is 0.